The molecular formula is C16H16IN5O. The number of nitrogens with zero attached hydrogens (tertiary/aromatic N) is 3. The molecule has 23 heavy (non-hydrogen) atoms. The van der Waals surface area contributed by atoms with Crippen molar-refractivity contribution >= 4 is 38.2 Å². The van der Waals surface area contributed by atoms with Crippen molar-refractivity contribution in [3.8, 4) is 0 Å². The van der Waals surface area contributed by atoms with Crippen LogP contribution in [0.4, 0.5) is 5.82 Å². The van der Waals surface area contributed by atoms with Crippen LogP contribution in [0.15, 0.2) is 35.7 Å². The largest absolute Gasteiger partial charge is 0.383 e. The van der Waals surface area contributed by atoms with Crippen molar-refractivity contribution in [3.05, 3.63) is 58.6 Å². The zero-order chi connectivity index (χ0) is 16.4. The molecule has 1 aliphatic heterocycles. The van der Waals surface area contributed by atoms with Gasteiger partial charge in [-0.05, 0) is 52.3 Å². The summed E-state index contributed by atoms with van der Waals surface area (Å²) in [6, 6.07) is 6.19. The van der Waals surface area contributed by atoms with Gasteiger partial charge in [0.2, 0.25) is 0 Å². The zero-order valence-electron chi connectivity index (χ0n) is 12.5. The van der Waals surface area contributed by atoms with Gasteiger partial charge in [-0.25, -0.2) is 9.97 Å². The Bertz CT molecular complexity index is 803. The summed E-state index contributed by atoms with van der Waals surface area (Å²) in [5.41, 5.74) is 10.8. The lowest BCUT2D eigenvalue weighted by atomic mass is 10.0. The molecule has 3 rings (SSSR count). The topological polar surface area (TPSA) is 99.4 Å². The minimum absolute atomic E-state index is 0.337. The molecule has 0 radical (unpaired) electrons. The Balaban J connectivity index is 2.03. The van der Waals surface area contributed by atoms with Gasteiger partial charge in [0.05, 0.1) is 17.9 Å². The van der Waals surface area contributed by atoms with Crippen molar-refractivity contribution in [1.82, 2.24) is 9.97 Å². The van der Waals surface area contributed by atoms with E-state index in [-0.39, 0.29) is 6.10 Å². The van der Waals surface area contributed by atoms with Crippen molar-refractivity contribution in [2.45, 2.75) is 19.6 Å². The number of anilines is 1. The molecule has 1 aromatic carbocycles. The molecule has 2 heterocycles. The fourth-order valence-corrected chi connectivity index (χ4v) is 3.13. The fourth-order valence-electron chi connectivity index (χ4n) is 2.57. The summed E-state index contributed by atoms with van der Waals surface area (Å²) < 4.78 is 6.60. The summed E-state index contributed by atoms with van der Waals surface area (Å²) in [5.74, 6) is 5.74. The van der Waals surface area contributed by atoms with Crippen LogP contribution >= 0.6 is 22.6 Å². The Hall–Kier alpha value is -2.00. The molecule has 1 unspecified atom stereocenters. The van der Waals surface area contributed by atoms with Crippen LogP contribution in [0.25, 0.3) is 6.08 Å². The number of aryl methyl sites for hydroxylation is 1. The van der Waals surface area contributed by atoms with E-state index in [1.54, 1.807) is 0 Å². The highest BCUT2D eigenvalue weighted by molar-refractivity contribution is 14.1. The third-order valence-electron chi connectivity index (χ3n) is 3.80. The summed E-state index contributed by atoms with van der Waals surface area (Å²) in [7, 11) is 0. The van der Waals surface area contributed by atoms with E-state index in [2.05, 4.69) is 40.2 Å². The first-order valence-electron chi connectivity index (χ1n) is 7.04. The molecule has 0 saturated heterocycles. The number of aromatic nitrogens is 2. The normalized spacial score (nSPS) is 17.7. The van der Waals surface area contributed by atoms with Crippen LogP contribution in [-0.4, -0.2) is 13.7 Å². The van der Waals surface area contributed by atoms with E-state index < -0.39 is 0 Å². The second kappa shape index (κ2) is 6.63. The lowest BCUT2D eigenvalue weighted by Gasteiger charge is -2.16. The smallest absolute Gasteiger partial charge is 0.137 e. The Morgan fingerprint density at radius 2 is 2.22 bits per heavy atom. The average Bonchev–Trinajstić information content (AvgIpc) is 2.77. The third kappa shape index (κ3) is 3.06. The molecule has 118 valence electrons. The summed E-state index contributed by atoms with van der Waals surface area (Å²) in [6.07, 6.45) is 5.11. The molecule has 2 aromatic rings. The van der Waals surface area contributed by atoms with Crippen molar-refractivity contribution < 1.29 is 4.74 Å². The SMILES string of the molecule is Cc1cccc2c1COC(c1ncnc(N)c1/C(I)=N\N)C=C2. The summed E-state index contributed by atoms with van der Waals surface area (Å²) in [4.78, 5) is 8.38. The Morgan fingerprint density at radius 1 is 1.39 bits per heavy atom. The van der Waals surface area contributed by atoms with Crippen molar-refractivity contribution in [3.63, 3.8) is 0 Å². The van der Waals surface area contributed by atoms with E-state index in [0.717, 1.165) is 5.56 Å². The average molecular weight is 421 g/mol. The first-order chi connectivity index (χ1) is 11.1. The fraction of sp³-hybridized carbons (Fsp3) is 0.188. The van der Waals surface area contributed by atoms with Gasteiger partial charge in [0, 0.05) is 0 Å². The van der Waals surface area contributed by atoms with Gasteiger partial charge in [-0.1, -0.05) is 24.3 Å². The van der Waals surface area contributed by atoms with E-state index in [1.807, 2.05) is 34.7 Å². The van der Waals surface area contributed by atoms with Crippen LogP contribution < -0.4 is 11.6 Å². The molecule has 4 N–H and O–H groups in total. The Morgan fingerprint density at radius 3 is 3.00 bits per heavy atom. The van der Waals surface area contributed by atoms with E-state index in [9.17, 15) is 0 Å². The second-order valence-corrected chi connectivity index (χ2v) is 6.19. The molecular weight excluding hydrogens is 405 g/mol. The highest BCUT2D eigenvalue weighted by atomic mass is 127. The minimum Gasteiger partial charge on any atom is -0.383 e. The number of nitrogen functional groups attached to an aromatic ring is 1. The van der Waals surface area contributed by atoms with Gasteiger partial charge < -0.3 is 16.3 Å². The molecule has 0 saturated carbocycles. The van der Waals surface area contributed by atoms with Crippen LogP contribution in [-0.2, 0) is 11.3 Å². The predicted molar refractivity (Wildman–Crippen MR) is 98.9 cm³/mol. The maximum Gasteiger partial charge on any atom is 0.137 e. The quantitative estimate of drug-likeness (QED) is 0.336. The van der Waals surface area contributed by atoms with Crippen LogP contribution in [0.5, 0.6) is 0 Å². The van der Waals surface area contributed by atoms with Gasteiger partial charge in [-0.2, -0.15) is 5.10 Å². The minimum atomic E-state index is -0.339. The highest BCUT2D eigenvalue weighted by Crippen LogP contribution is 2.31. The van der Waals surface area contributed by atoms with Gasteiger partial charge >= 0.3 is 0 Å². The molecule has 0 bridgehead atoms. The lowest BCUT2D eigenvalue weighted by molar-refractivity contribution is 0.0705. The number of hydrazone groups is 1. The number of nitrogens with two attached hydrogens (primary N) is 2. The van der Waals surface area contributed by atoms with E-state index in [0.29, 0.717) is 27.4 Å². The molecule has 0 amide bonds. The maximum atomic E-state index is 6.05. The van der Waals surface area contributed by atoms with E-state index in [1.165, 1.54) is 17.5 Å². The predicted octanol–water partition coefficient (Wildman–Crippen LogP) is 2.71. The number of fused-ring (bicyclic) bond motifs is 1. The van der Waals surface area contributed by atoms with Gasteiger partial charge in [-0.15, -0.1) is 0 Å². The number of benzene rings is 1. The van der Waals surface area contributed by atoms with Crippen molar-refractivity contribution in [2.24, 2.45) is 10.9 Å². The summed E-state index contributed by atoms with van der Waals surface area (Å²) in [5, 5.41) is 3.72. The van der Waals surface area contributed by atoms with Crippen molar-refractivity contribution in [1.29, 1.82) is 0 Å². The van der Waals surface area contributed by atoms with Gasteiger partial charge in [0.15, 0.2) is 0 Å². The molecule has 0 fully saturated rings. The molecule has 0 spiro atoms. The van der Waals surface area contributed by atoms with Crippen LogP contribution in [0, 0.1) is 6.92 Å². The standard InChI is InChI=1S/C16H16IN5O/c1-9-3-2-4-10-5-6-12(23-7-11(9)10)14-13(15(17)22-19)16(18)21-8-20-14/h2-6,8,12H,7,19H2,1H3,(H2,18,20,21)/b22-15+. The molecule has 1 aromatic heterocycles. The highest BCUT2D eigenvalue weighted by Gasteiger charge is 2.23. The van der Waals surface area contributed by atoms with E-state index >= 15 is 0 Å². The Kier molecular flexibility index (Phi) is 4.58. The number of rotatable bonds is 2. The second-order valence-electron chi connectivity index (χ2n) is 5.17. The van der Waals surface area contributed by atoms with Crippen molar-refractivity contribution in [2.75, 3.05) is 5.73 Å². The first-order valence-corrected chi connectivity index (χ1v) is 8.12. The summed E-state index contributed by atoms with van der Waals surface area (Å²) >= 11 is 2.02. The number of ether oxygens (including phenoxy) is 1. The van der Waals surface area contributed by atoms with Gasteiger partial charge in [0.25, 0.3) is 0 Å². The Labute approximate surface area is 147 Å². The van der Waals surface area contributed by atoms with Gasteiger partial charge in [0.1, 0.15) is 22.0 Å². The lowest BCUT2D eigenvalue weighted by Crippen LogP contribution is -2.13. The maximum absolute atomic E-state index is 6.05. The molecule has 6 nitrogen and oxygen atoms in total. The molecule has 0 aliphatic carbocycles. The first kappa shape index (κ1) is 15.9. The van der Waals surface area contributed by atoms with E-state index in [4.69, 9.17) is 16.3 Å². The number of hydrogen-bond donors (Lipinski definition) is 2. The van der Waals surface area contributed by atoms with Crippen LogP contribution in [0.2, 0.25) is 0 Å². The third-order valence-corrected chi connectivity index (χ3v) is 4.62. The monoisotopic (exact) mass is 421 g/mol. The molecule has 7 heteroatoms. The van der Waals surface area contributed by atoms with Crippen LogP contribution in [0.1, 0.15) is 34.1 Å². The van der Waals surface area contributed by atoms with Crippen LogP contribution in [0.3, 0.4) is 0 Å². The number of hydrogen-bond acceptors (Lipinski definition) is 6. The summed E-state index contributed by atoms with van der Waals surface area (Å²) in [6.45, 7) is 2.58. The van der Waals surface area contributed by atoms with Gasteiger partial charge in [-0.3, -0.25) is 0 Å². The molecule has 1 atom stereocenters. The zero-order valence-corrected chi connectivity index (χ0v) is 14.7. The number of halogens is 1. The molecule has 1 aliphatic rings.